The Hall–Kier alpha value is -1.87. The summed E-state index contributed by atoms with van der Waals surface area (Å²) in [5, 5.41) is 11.4. The maximum Gasteiger partial charge on any atom is 0.0985 e. The maximum absolute atomic E-state index is 11.4. The Morgan fingerprint density at radius 2 is 2.10 bits per heavy atom. The number of aliphatic hydroxyl groups is 1. The van der Waals surface area contributed by atoms with Crippen molar-refractivity contribution in [1.29, 1.82) is 0 Å². The summed E-state index contributed by atoms with van der Waals surface area (Å²) < 4.78 is 0. The first kappa shape index (κ1) is 12.8. The molecule has 21 heavy (non-hydrogen) atoms. The van der Waals surface area contributed by atoms with Crippen LogP contribution in [0, 0.1) is 0 Å². The molecule has 1 heterocycles. The lowest BCUT2D eigenvalue weighted by Crippen LogP contribution is -2.34. The van der Waals surface area contributed by atoms with Gasteiger partial charge in [0.25, 0.3) is 0 Å². The number of aryl methyl sites for hydroxylation is 2. The number of benzene rings is 1. The molecule has 1 aromatic carbocycles. The van der Waals surface area contributed by atoms with Crippen LogP contribution in [0.25, 0.3) is 0 Å². The fourth-order valence-electron chi connectivity index (χ4n) is 4.14. The number of nitrogens with two attached hydrogens (primary N) is 1. The van der Waals surface area contributed by atoms with Crippen LogP contribution in [-0.4, -0.2) is 10.1 Å². The smallest absolute Gasteiger partial charge is 0.0985 e. The topological polar surface area (TPSA) is 59.1 Å². The number of anilines is 1. The number of rotatable bonds is 1. The summed E-state index contributed by atoms with van der Waals surface area (Å²) in [6.07, 6.45) is 6.71. The van der Waals surface area contributed by atoms with E-state index in [1.165, 1.54) is 11.1 Å². The van der Waals surface area contributed by atoms with E-state index in [-0.39, 0.29) is 5.92 Å². The van der Waals surface area contributed by atoms with Gasteiger partial charge >= 0.3 is 0 Å². The molecule has 1 aromatic heterocycles. The van der Waals surface area contributed by atoms with Gasteiger partial charge in [0.1, 0.15) is 0 Å². The molecule has 2 aromatic rings. The highest BCUT2D eigenvalue weighted by molar-refractivity contribution is 5.50. The lowest BCUT2D eigenvalue weighted by molar-refractivity contribution is 0.00174. The number of nitrogens with zero attached hydrogens (tertiary/aromatic N) is 1. The molecule has 3 nitrogen and oxygen atoms in total. The maximum atomic E-state index is 11.4. The molecule has 0 fully saturated rings. The molecule has 108 valence electrons. The Bertz CT molecular complexity index is 697. The van der Waals surface area contributed by atoms with Gasteiger partial charge in [0.05, 0.1) is 5.60 Å². The zero-order valence-electron chi connectivity index (χ0n) is 12.0. The Morgan fingerprint density at radius 3 is 3.00 bits per heavy atom. The van der Waals surface area contributed by atoms with E-state index in [0.29, 0.717) is 0 Å². The van der Waals surface area contributed by atoms with Gasteiger partial charge in [0.15, 0.2) is 0 Å². The van der Waals surface area contributed by atoms with Crippen LogP contribution in [0.3, 0.4) is 0 Å². The molecule has 0 radical (unpaired) electrons. The average molecular weight is 280 g/mol. The van der Waals surface area contributed by atoms with Crippen LogP contribution < -0.4 is 5.73 Å². The SMILES string of the molecule is Nc1ccc2c(c1)CCC2(O)C1CCCc2cccnc21. The van der Waals surface area contributed by atoms with Crippen molar-refractivity contribution in [2.45, 2.75) is 43.6 Å². The molecule has 2 atom stereocenters. The standard InChI is InChI=1S/C18H20N2O/c19-14-6-7-15-13(11-14)8-9-18(15,21)16-5-1-3-12-4-2-10-20-17(12)16/h2,4,6-7,10-11,16,21H,1,3,5,8-9,19H2. The number of pyridine rings is 1. The summed E-state index contributed by atoms with van der Waals surface area (Å²) in [7, 11) is 0. The molecule has 2 aliphatic carbocycles. The van der Waals surface area contributed by atoms with E-state index in [2.05, 4.69) is 11.1 Å². The minimum Gasteiger partial charge on any atom is -0.399 e. The third-order valence-corrected chi connectivity index (χ3v) is 5.14. The summed E-state index contributed by atoms with van der Waals surface area (Å²) in [6, 6.07) is 10.1. The van der Waals surface area contributed by atoms with E-state index >= 15 is 0 Å². The molecule has 2 aliphatic rings. The van der Waals surface area contributed by atoms with Crippen LogP contribution in [0.2, 0.25) is 0 Å². The summed E-state index contributed by atoms with van der Waals surface area (Å²) in [5.41, 5.74) is 10.5. The lowest BCUT2D eigenvalue weighted by Gasteiger charge is -2.37. The largest absolute Gasteiger partial charge is 0.399 e. The van der Waals surface area contributed by atoms with Crippen molar-refractivity contribution in [2.75, 3.05) is 5.73 Å². The number of aromatic nitrogens is 1. The molecular formula is C18H20N2O. The molecular weight excluding hydrogens is 260 g/mol. The Balaban J connectivity index is 1.82. The summed E-state index contributed by atoms with van der Waals surface area (Å²) in [6.45, 7) is 0. The van der Waals surface area contributed by atoms with E-state index in [4.69, 9.17) is 5.73 Å². The van der Waals surface area contributed by atoms with E-state index < -0.39 is 5.60 Å². The van der Waals surface area contributed by atoms with Crippen molar-refractivity contribution >= 4 is 5.69 Å². The van der Waals surface area contributed by atoms with Crippen LogP contribution in [-0.2, 0) is 18.4 Å². The van der Waals surface area contributed by atoms with Crippen LogP contribution in [0.1, 0.15) is 47.6 Å². The predicted molar refractivity (Wildman–Crippen MR) is 83.0 cm³/mol. The fourth-order valence-corrected chi connectivity index (χ4v) is 4.14. The summed E-state index contributed by atoms with van der Waals surface area (Å²) in [5.74, 6) is 0.104. The number of hydrogen-bond acceptors (Lipinski definition) is 3. The van der Waals surface area contributed by atoms with Crippen LogP contribution in [0.4, 0.5) is 5.69 Å². The van der Waals surface area contributed by atoms with Crippen LogP contribution in [0.5, 0.6) is 0 Å². The third kappa shape index (κ3) is 1.88. The number of fused-ring (bicyclic) bond motifs is 2. The van der Waals surface area contributed by atoms with Crippen LogP contribution in [0.15, 0.2) is 36.5 Å². The second kappa shape index (κ2) is 4.57. The summed E-state index contributed by atoms with van der Waals surface area (Å²) in [4.78, 5) is 4.60. The van der Waals surface area contributed by atoms with Crippen LogP contribution >= 0.6 is 0 Å². The van der Waals surface area contributed by atoms with Gasteiger partial charge in [-0.3, -0.25) is 4.98 Å². The Labute approximate surface area is 124 Å². The van der Waals surface area contributed by atoms with E-state index in [9.17, 15) is 5.11 Å². The van der Waals surface area contributed by atoms with Crippen molar-refractivity contribution in [3.63, 3.8) is 0 Å². The van der Waals surface area contributed by atoms with Gasteiger partial charge in [-0.15, -0.1) is 0 Å². The zero-order chi connectivity index (χ0) is 14.4. The predicted octanol–water partition coefficient (Wildman–Crippen LogP) is 2.92. The molecule has 4 rings (SSSR count). The monoisotopic (exact) mass is 280 g/mol. The molecule has 0 bridgehead atoms. The zero-order valence-corrected chi connectivity index (χ0v) is 12.0. The van der Waals surface area contributed by atoms with Crippen molar-refractivity contribution in [1.82, 2.24) is 4.98 Å². The highest BCUT2D eigenvalue weighted by Gasteiger charge is 2.46. The van der Waals surface area contributed by atoms with Gasteiger partial charge < -0.3 is 10.8 Å². The van der Waals surface area contributed by atoms with Gasteiger partial charge in [-0.05, 0) is 67.0 Å². The van der Waals surface area contributed by atoms with Gasteiger partial charge in [0, 0.05) is 23.5 Å². The van der Waals surface area contributed by atoms with Gasteiger partial charge in [0.2, 0.25) is 0 Å². The molecule has 0 saturated heterocycles. The molecule has 0 saturated carbocycles. The Morgan fingerprint density at radius 1 is 1.19 bits per heavy atom. The molecule has 0 spiro atoms. The van der Waals surface area contributed by atoms with E-state index in [1.54, 1.807) is 0 Å². The van der Waals surface area contributed by atoms with Crippen molar-refractivity contribution in [3.8, 4) is 0 Å². The number of hydrogen-bond donors (Lipinski definition) is 2. The second-order valence-corrected chi connectivity index (χ2v) is 6.33. The fraction of sp³-hybridized carbons (Fsp3) is 0.389. The van der Waals surface area contributed by atoms with Gasteiger partial charge in [-0.2, -0.15) is 0 Å². The van der Waals surface area contributed by atoms with Gasteiger partial charge in [-0.1, -0.05) is 12.1 Å². The van der Waals surface area contributed by atoms with Crippen molar-refractivity contribution in [3.05, 3.63) is 58.9 Å². The quantitative estimate of drug-likeness (QED) is 0.790. The third-order valence-electron chi connectivity index (χ3n) is 5.14. The normalized spacial score (nSPS) is 27.2. The van der Waals surface area contributed by atoms with Crippen molar-refractivity contribution in [2.24, 2.45) is 0 Å². The average Bonchev–Trinajstić information content (AvgIpc) is 2.84. The minimum absolute atomic E-state index is 0.104. The van der Waals surface area contributed by atoms with Gasteiger partial charge in [-0.25, -0.2) is 0 Å². The Kier molecular flexibility index (Phi) is 2.79. The number of nitrogen functional groups attached to an aromatic ring is 1. The molecule has 3 N–H and O–H groups in total. The van der Waals surface area contributed by atoms with E-state index in [1.807, 2.05) is 30.5 Å². The first-order chi connectivity index (χ1) is 10.2. The molecule has 3 heteroatoms. The highest BCUT2D eigenvalue weighted by Crippen LogP contribution is 2.50. The highest BCUT2D eigenvalue weighted by atomic mass is 16.3. The summed E-state index contributed by atoms with van der Waals surface area (Å²) >= 11 is 0. The van der Waals surface area contributed by atoms with E-state index in [0.717, 1.165) is 49.0 Å². The first-order valence-electron chi connectivity index (χ1n) is 7.73. The molecule has 0 amide bonds. The second-order valence-electron chi connectivity index (χ2n) is 6.33. The lowest BCUT2D eigenvalue weighted by atomic mass is 9.73. The van der Waals surface area contributed by atoms with Crippen molar-refractivity contribution < 1.29 is 5.11 Å². The minimum atomic E-state index is -0.785. The first-order valence-corrected chi connectivity index (χ1v) is 7.73. The molecule has 2 unspecified atom stereocenters. The molecule has 0 aliphatic heterocycles.